The Bertz CT molecular complexity index is 896. The second-order valence-corrected chi connectivity index (χ2v) is 6.65. The summed E-state index contributed by atoms with van der Waals surface area (Å²) < 4.78 is 7.33. The quantitative estimate of drug-likeness (QED) is 0.776. The highest BCUT2D eigenvalue weighted by Gasteiger charge is 2.45. The zero-order valence-corrected chi connectivity index (χ0v) is 14.4. The number of benzene rings is 1. The third-order valence-corrected chi connectivity index (χ3v) is 4.72. The summed E-state index contributed by atoms with van der Waals surface area (Å²) in [6, 6.07) is 13.9. The molecule has 2 heterocycles. The van der Waals surface area contributed by atoms with E-state index in [2.05, 4.69) is 10.4 Å². The maximum Gasteiger partial charge on any atom is 0.224 e. The number of aromatic nitrogens is 2. The molecule has 25 heavy (non-hydrogen) atoms. The molecule has 0 spiro atoms. The average molecular weight is 335 g/mol. The van der Waals surface area contributed by atoms with Crippen molar-refractivity contribution in [3.63, 3.8) is 0 Å². The lowest BCUT2D eigenvalue weighted by Gasteiger charge is -2.12. The fraction of sp³-hybridized carbons (Fsp3) is 0.300. The lowest BCUT2D eigenvalue weighted by atomic mass is 10.1. The number of aryl methyl sites for hydroxylation is 2. The molecule has 0 aliphatic heterocycles. The van der Waals surface area contributed by atoms with Crippen molar-refractivity contribution in [3.05, 3.63) is 71.4 Å². The number of amides is 1. The number of nitrogens with zero attached hydrogens (tertiary/aromatic N) is 2. The topological polar surface area (TPSA) is 60.1 Å². The molecule has 4 rings (SSSR count). The van der Waals surface area contributed by atoms with Gasteiger partial charge in [-0.15, -0.1) is 0 Å². The van der Waals surface area contributed by atoms with Crippen LogP contribution in [-0.2, 0) is 11.3 Å². The first-order chi connectivity index (χ1) is 12.1. The predicted octanol–water partition coefficient (Wildman–Crippen LogP) is 3.50. The van der Waals surface area contributed by atoms with Crippen molar-refractivity contribution in [3.8, 4) is 5.69 Å². The highest BCUT2D eigenvalue weighted by Crippen LogP contribution is 2.47. The normalized spacial score (nSPS) is 19.0. The molecular weight excluding hydrogens is 314 g/mol. The van der Waals surface area contributed by atoms with E-state index in [1.807, 2.05) is 61.0 Å². The van der Waals surface area contributed by atoms with Crippen molar-refractivity contribution >= 4 is 5.91 Å². The molecular formula is C20H21N3O2. The van der Waals surface area contributed by atoms with Gasteiger partial charge in [0, 0.05) is 24.1 Å². The largest absolute Gasteiger partial charge is 0.469 e. The first-order valence-corrected chi connectivity index (χ1v) is 8.56. The van der Waals surface area contributed by atoms with Gasteiger partial charge in [-0.2, -0.15) is 5.10 Å². The molecule has 5 nitrogen and oxygen atoms in total. The zero-order valence-electron chi connectivity index (χ0n) is 14.4. The molecule has 2 atom stereocenters. The van der Waals surface area contributed by atoms with Crippen LogP contribution in [0.3, 0.4) is 0 Å². The van der Waals surface area contributed by atoms with Crippen LogP contribution < -0.4 is 5.32 Å². The van der Waals surface area contributed by atoms with Gasteiger partial charge in [0.2, 0.25) is 5.91 Å². The molecule has 0 bridgehead atoms. The van der Waals surface area contributed by atoms with Gasteiger partial charge in [0.1, 0.15) is 5.76 Å². The molecule has 5 heteroatoms. The SMILES string of the molecule is Cc1cc(C)n(-c2ccccc2CNC(=O)C2CC2c2ccco2)n1. The lowest BCUT2D eigenvalue weighted by molar-refractivity contribution is -0.122. The average Bonchev–Trinajstić information content (AvgIpc) is 3.06. The van der Waals surface area contributed by atoms with Gasteiger partial charge in [-0.25, -0.2) is 4.68 Å². The Morgan fingerprint density at radius 2 is 2.12 bits per heavy atom. The summed E-state index contributed by atoms with van der Waals surface area (Å²) in [6.45, 7) is 4.51. The number of furan rings is 1. The maximum atomic E-state index is 12.4. The molecule has 1 aliphatic carbocycles. The number of rotatable bonds is 5. The van der Waals surface area contributed by atoms with E-state index in [1.165, 1.54) is 0 Å². The molecule has 1 saturated carbocycles. The zero-order chi connectivity index (χ0) is 17.4. The summed E-state index contributed by atoms with van der Waals surface area (Å²) >= 11 is 0. The van der Waals surface area contributed by atoms with E-state index in [0.717, 1.165) is 34.8 Å². The Labute approximate surface area is 146 Å². The molecule has 0 saturated heterocycles. The summed E-state index contributed by atoms with van der Waals surface area (Å²) in [6.07, 6.45) is 2.52. The van der Waals surface area contributed by atoms with Crippen LogP contribution in [0.1, 0.15) is 35.1 Å². The van der Waals surface area contributed by atoms with Crippen LogP contribution in [0.2, 0.25) is 0 Å². The van der Waals surface area contributed by atoms with Gasteiger partial charge in [0.25, 0.3) is 0 Å². The fourth-order valence-electron chi connectivity index (χ4n) is 3.35. The summed E-state index contributed by atoms with van der Waals surface area (Å²) in [5, 5.41) is 7.62. The standard InChI is InChI=1S/C20H21N3O2/c1-13-10-14(2)23(22-13)18-7-4-3-6-15(18)12-21-20(24)17-11-16(17)19-8-5-9-25-19/h3-10,16-17H,11-12H2,1-2H3,(H,21,24). The minimum atomic E-state index is 0.0204. The Kier molecular flexibility index (Phi) is 3.92. The number of hydrogen-bond donors (Lipinski definition) is 1. The molecule has 1 aliphatic rings. The molecule has 1 aromatic carbocycles. The van der Waals surface area contributed by atoms with Gasteiger partial charge in [0.15, 0.2) is 0 Å². The molecule has 1 amide bonds. The van der Waals surface area contributed by atoms with Crippen LogP contribution in [0, 0.1) is 19.8 Å². The van der Waals surface area contributed by atoms with Gasteiger partial charge in [0.05, 0.1) is 17.6 Å². The fourth-order valence-corrected chi connectivity index (χ4v) is 3.35. The number of hydrogen-bond acceptors (Lipinski definition) is 3. The predicted molar refractivity (Wildman–Crippen MR) is 94.4 cm³/mol. The minimum Gasteiger partial charge on any atom is -0.469 e. The van der Waals surface area contributed by atoms with Crippen LogP contribution in [-0.4, -0.2) is 15.7 Å². The first kappa shape index (κ1) is 15.7. The molecule has 1 N–H and O–H groups in total. The monoisotopic (exact) mass is 335 g/mol. The van der Waals surface area contributed by atoms with Crippen molar-refractivity contribution in [2.75, 3.05) is 0 Å². The van der Waals surface area contributed by atoms with Crippen molar-refractivity contribution in [1.82, 2.24) is 15.1 Å². The highest BCUT2D eigenvalue weighted by atomic mass is 16.3. The Morgan fingerprint density at radius 1 is 1.28 bits per heavy atom. The second kappa shape index (κ2) is 6.24. The third-order valence-electron chi connectivity index (χ3n) is 4.72. The summed E-state index contributed by atoms with van der Waals surface area (Å²) in [5.74, 6) is 1.24. The van der Waals surface area contributed by atoms with Crippen molar-refractivity contribution < 1.29 is 9.21 Å². The summed E-state index contributed by atoms with van der Waals surface area (Å²) in [7, 11) is 0. The van der Waals surface area contributed by atoms with Gasteiger partial charge in [-0.3, -0.25) is 4.79 Å². The van der Waals surface area contributed by atoms with Crippen LogP contribution in [0.5, 0.6) is 0 Å². The first-order valence-electron chi connectivity index (χ1n) is 8.56. The Balaban J connectivity index is 1.45. The molecule has 1 fully saturated rings. The minimum absolute atomic E-state index is 0.0204. The molecule has 2 unspecified atom stereocenters. The number of nitrogens with one attached hydrogen (secondary N) is 1. The molecule has 3 aromatic rings. The second-order valence-electron chi connectivity index (χ2n) is 6.65. The lowest BCUT2D eigenvalue weighted by Crippen LogP contribution is -2.25. The van der Waals surface area contributed by atoms with E-state index in [1.54, 1.807) is 6.26 Å². The highest BCUT2D eigenvalue weighted by molar-refractivity contribution is 5.82. The van der Waals surface area contributed by atoms with E-state index in [9.17, 15) is 4.79 Å². The van der Waals surface area contributed by atoms with Crippen LogP contribution in [0.25, 0.3) is 5.69 Å². The molecule has 2 aromatic heterocycles. The van der Waals surface area contributed by atoms with E-state index < -0.39 is 0 Å². The summed E-state index contributed by atoms with van der Waals surface area (Å²) in [4.78, 5) is 12.4. The van der Waals surface area contributed by atoms with Gasteiger partial charge in [-0.1, -0.05) is 18.2 Å². The van der Waals surface area contributed by atoms with Crippen molar-refractivity contribution in [1.29, 1.82) is 0 Å². The molecule has 0 radical (unpaired) electrons. The van der Waals surface area contributed by atoms with E-state index >= 15 is 0 Å². The van der Waals surface area contributed by atoms with Crippen LogP contribution in [0.15, 0.2) is 53.1 Å². The number of carbonyl (C=O) groups excluding carboxylic acids is 1. The number of carbonyl (C=O) groups is 1. The van der Waals surface area contributed by atoms with E-state index in [-0.39, 0.29) is 17.7 Å². The third kappa shape index (κ3) is 3.09. The molecule has 128 valence electrons. The van der Waals surface area contributed by atoms with E-state index in [0.29, 0.717) is 6.54 Å². The Hall–Kier alpha value is -2.82. The number of para-hydroxylation sites is 1. The maximum absolute atomic E-state index is 12.4. The van der Waals surface area contributed by atoms with Crippen LogP contribution in [0.4, 0.5) is 0 Å². The smallest absolute Gasteiger partial charge is 0.224 e. The Morgan fingerprint density at radius 3 is 2.84 bits per heavy atom. The van der Waals surface area contributed by atoms with Gasteiger partial charge < -0.3 is 9.73 Å². The van der Waals surface area contributed by atoms with Gasteiger partial charge >= 0.3 is 0 Å². The van der Waals surface area contributed by atoms with Crippen molar-refractivity contribution in [2.24, 2.45) is 5.92 Å². The van der Waals surface area contributed by atoms with E-state index in [4.69, 9.17) is 4.42 Å². The summed E-state index contributed by atoms with van der Waals surface area (Å²) in [5.41, 5.74) is 4.12. The van der Waals surface area contributed by atoms with Gasteiger partial charge in [-0.05, 0) is 50.1 Å². The van der Waals surface area contributed by atoms with Crippen LogP contribution >= 0.6 is 0 Å². The van der Waals surface area contributed by atoms with Crippen molar-refractivity contribution in [2.45, 2.75) is 32.7 Å².